The van der Waals surface area contributed by atoms with Crippen LogP contribution in [0.5, 0.6) is 0 Å². The molecule has 0 amide bonds. The summed E-state index contributed by atoms with van der Waals surface area (Å²) in [6.45, 7) is 4.18. The zero-order valence-electron chi connectivity index (χ0n) is 11.9. The number of rotatable bonds is 4. The topological polar surface area (TPSA) is 43.1 Å². The predicted octanol–water partition coefficient (Wildman–Crippen LogP) is 3.20. The van der Waals surface area contributed by atoms with Crippen molar-refractivity contribution in [3.05, 3.63) is 35.9 Å². The Labute approximate surface area is 119 Å². The fourth-order valence-electron chi connectivity index (χ4n) is 2.91. The average molecular weight is 279 g/mol. The summed E-state index contributed by atoms with van der Waals surface area (Å²) in [5.41, 5.74) is 7.60. The summed E-state index contributed by atoms with van der Waals surface area (Å²) in [7, 11) is -0.801. The molecule has 106 valence electrons. The van der Waals surface area contributed by atoms with E-state index in [4.69, 9.17) is 5.73 Å². The summed E-state index contributed by atoms with van der Waals surface area (Å²) < 4.78 is 12.5. The van der Waals surface area contributed by atoms with Gasteiger partial charge in [-0.1, -0.05) is 44.2 Å². The van der Waals surface area contributed by atoms with Gasteiger partial charge in [-0.15, -0.1) is 0 Å². The van der Waals surface area contributed by atoms with Gasteiger partial charge >= 0.3 is 0 Å². The van der Waals surface area contributed by atoms with E-state index in [1.165, 1.54) is 5.56 Å². The molecule has 0 radical (unpaired) electrons. The molecule has 5 unspecified atom stereocenters. The van der Waals surface area contributed by atoms with E-state index < -0.39 is 10.8 Å². The zero-order valence-corrected chi connectivity index (χ0v) is 12.7. The van der Waals surface area contributed by atoms with Crippen LogP contribution in [0.15, 0.2) is 30.3 Å². The number of hydrogen-bond donors (Lipinski definition) is 1. The Balaban J connectivity index is 2.10. The molecule has 19 heavy (non-hydrogen) atoms. The highest BCUT2D eigenvalue weighted by molar-refractivity contribution is 7.86. The Kier molecular flexibility index (Phi) is 5.17. The molecule has 1 saturated carbocycles. The molecule has 0 aliphatic heterocycles. The molecule has 2 rings (SSSR count). The largest absolute Gasteiger partial charge is 0.327 e. The molecule has 5 atom stereocenters. The Morgan fingerprint density at radius 2 is 2.00 bits per heavy atom. The van der Waals surface area contributed by atoms with Gasteiger partial charge in [0.15, 0.2) is 0 Å². The molecule has 2 nitrogen and oxygen atoms in total. The van der Waals surface area contributed by atoms with Crippen LogP contribution in [0.1, 0.15) is 51.0 Å². The van der Waals surface area contributed by atoms with Gasteiger partial charge in [-0.2, -0.15) is 0 Å². The van der Waals surface area contributed by atoms with Crippen molar-refractivity contribution in [3.8, 4) is 0 Å². The van der Waals surface area contributed by atoms with Crippen molar-refractivity contribution >= 4 is 10.8 Å². The van der Waals surface area contributed by atoms with E-state index in [-0.39, 0.29) is 16.5 Å². The van der Waals surface area contributed by atoms with Crippen molar-refractivity contribution in [3.63, 3.8) is 0 Å². The first-order chi connectivity index (χ1) is 9.13. The third-order valence-corrected chi connectivity index (χ3v) is 6.65. The molecule has 1 aromatic carbocycles. The maximum absolute atomic E-state index is 12.5. The lowest BCUT2D eigenvalue weighted by molar-refractivity contribution is 0.399. The molecule has 3 heteroatoms. The lowest BCUT2D eigenvalue weighted by Crippen LogP contribution is -2.44. The highest BCUT2D eigenvalue weighted by Crippen LogP contribution is 2.35. The first kappa shape index (κ1) is 14.7. The average Bonchev–Trinajstić information content (AvgIpc) is 2.47. The van der Waals surface area contributed by atoms with Crippen molar-refractivity contribution < 1.29 is 4.21 Å². The van der Waals surface area contributed by atoms with Crippen LogP contribution in [-0.4, -0.2) is 20.8 Å². The molecule has 0 heterocycles. The zero-order chi connectivity index (χ0) is 13.8. The van der Waals surface area contributed by atoms with Crippen LogP contribution < -0.4 is 5.73 Å². The number of nitrogens with two attached hydrogens (primary N) is 1. The second-order valence-electron chi connectivity index (χ2n) is 5.67. The standard InChI is InChI=1S/C16H25NOS/c1-3-12(2)19(18)16-11-14(9-10-15(16)17)13-7-5-4-6-8-13/h4-8,12,14-16H,3,9-11,17H2,1-2H3. The van der Waals surface area contributed by atoms with Crippen LogP contribution >= 0.6 is 0 Å². The van der Waals surface area contributed by atoms with Crippen LogP contribution in [0.2, 0.25) is 0 Å². The van der Waals surface area contributed by atoms with Crippen molar-refractivity contribution in [1.29, 1.82) is 0 Å². The van der Waals surface area contributed by atoms with Gasteiger partial charge in [0.2, 0.25) is 0 Å². The Hall–Kier alpha value is -0.670. The van der Waals surface area contributed by atoms with E-state index in [9.17, 15) is 4.21 Å². The molecular weight excluding hydrogens is 254 g/mol. The second-order valence-corrected chi connectivity index (χ2v) is 7.74. The van der Waals surface area contributed by atoms with Gasteiger partial charge in [0.1, 0.15) is 0 Å². The molecule has 1 aromatic rings. The maximum Gasteiger partial charge on any atom is 0.0507 e. The molecule has 1 aliphatic rings. The van der Waals surface area contributed by atoms with Gasteiger partial charge in [-0.3, -0.25) is 4.21 Å². The molecule has 1 aliphatic carbocycles. The third kappa shape index (κ3) is 3.46. The van der Waals surface area contributed by atoms with Crippen molar-refractivity contribution in [2.75, 3.05) is 0 Å². The Morgan fingerprint density at radius 3 is 2.63 bits per heavy atom. The number of hydrogen-bond acceptors (Lipinski definition) is 2. The Morgan fingerprint density at radius 1 is 1.32 bits per heavy atom. The van der Waals surface area contributed by atoms with Crippen molar-refractivity contribution in [2.24, 2.45) is 5.73 Å². The van der Waals surface area contributed by atoms with Crippen LogP contribution in [0.4, 0.5) is 0 Å². The molecule has 0 spiro atoms. The van der Waals surface area contributed by atoms with Crippen molar-refractivity contribution in [1.82, 2.24) is 0 Å². The van der Waals surface area contributed by atoms with Crippen LogP contribution in [0, 0.1) is 0 Å². The molecule has 0 bridgehead atoms. The van der Waals surface area contributed by atoms with Crippen molar-refractivity contribution in [2.45, 2.75) is 62.0 Å². The minimum Gasteiger partial charge on any atom is -0.327 e. The molecular formula is C16H25NOS. The molecule has 2 N–H and O–H groups in total. The normalized spacial score (nSPS) is 30.8. The summed E-state index contributed by atoms with van der Waals surface area (Å²) in [5.74, 6) is 0.527. The highest BCUT2D eigenvalue weighted by atomic mass is 32.2. The van der Waals surface area contributed by atoms with Gasteiger partial charge in [0.25, 0.3) is 0 Å². The van der Waals surface area contributed by atoms with Gasteiger partial charge in [-0.25, -0.2) is 0 Å². The van der Waals surface area contributed by atoms with Crippen LogP contribution in [0.25, 0.3) is 0 Å². The molecule has 0 saturated heterocycles. The minimum atomic E-state index is -0.801. The maximum atomic E-state index is 12.5. The number of benzene rings is 1. The van der Waals surface area contributed by atoms with Crippen LogP contribution in [-0.2, 0) is 10.8 Å². The quantitative estimate of drug-likeness (QED) is 0.919. The monoisotopic (exact) mass is 279 g/mol. The Bertz CT molecular complexity index is 420. The van der Waals surface area contributed by atoms with Gasteiger partial charge < -0.3 is 5.73 Å². The summed E-state index contributed by atoms with van der Waals surface area (Å²) in [5, 5.41) is 0.416. The molecule has 1 fully saturated rings. The van der Waals surface area contributed by atoms with Gasteiger partial charge in [0.05, 0.1) is 5.25 Å². The third-order valence-electron chi connectivity index (χ3n) is 4.38. The van der Waals surface area contributed by atoms with Gasteiger partial charge in [-0.05, 0) is 37.2 Å². The summed E-state index contributed by atoms with van der Waals surface area (Å²) in [6, 6.07) is 10.7. The minimum absolute atomic E-state index is 0.106. The van der Waals surface area contributed by atoms with Crippen LogP contribution in [0.3, 0.4) is 0 Å². The van der Waals surface area contributed by atoms with E-state index in [2.05, 4.69) is 38.1 Å². The van der Waals surface area contributed by atoms with E-state index in [1.54, 1.807) is 0 Å². The SMILES string of the molecule is CCC(C)S(=O)C1CC(c2ccccc2)CCC1N. The molecule has 0 aromatic heterocycles. The fourth-order valence-corrected chi connectivity index (χ4v) is 4.74. The lowest BCUT2D eigenvalue weighted by Gasteiger charge is -2.35. The summed E-state index contributed by atoms with van der Waals surface area (Å²) >= 11 is 0. The van der Waals surface area contributed by atoms with E-state index in [0.717, 1.165) is 25.7 Å². The fraction of sp³-hybridized carbons (Fsp3) is 0.625. The first-order valence-corrected chi connectivity index (χ1v) is 8.61. The lowest BCUT2D eigenvalue weighted by atomic mass is 9.82. The smallest absolute Gasteiger partial charge is 0.0507 e. The van der Waals surface area contributed by atoms with Gasteiger partial charge in [0, 0.05) is 22.1 Å². The first-order valence-electron chi connectivity index (χ1n) is 7.33. The van der Waals surface area contributed by atoms with E-state index in [0.29, 0.717) is 5.92 Å². The summed E-state index contributed by atoms with van der Waals surface area (Å²) in [4.78, 5) is 0. The summed E-state index contributed by atoms with van der Waals surface area (Å²) in [6.07, 6.45) is 4.06. The predicted molar refractivity (Wildman–Crippen MR) is 82.7 cm³/mol. The highest BCUT2D eigenvalue weighted by Gasteiger charge is 2.34. The second kappa shape index (κ2) is 6.67. The van der Waals surface area contributed by atoms with E-state index in [1.807, 2.05) is 6.07 Å². The van der Waals surface area contributed by atoms with E-state index >= 15 is 0 Å².